The van der Waals surface area contributed by atoms with Crippen molar-refractivity contribution in [1.29, 1.82) is 0 Å². The Labute approximate surface area is 107 Å². The second kappa shape index (κ2) is 6.00. The number of aliphatic hydroxyl groups is 1. The molecule has 2 rings (SSSR count). The van der Waals surface area contributed by atoms with Gasteiger partial charge in [0.25, 0.3) is 5.56 Å². The molecule has 1 heterocycles. The van der Waals surface area contributed by atoms with Crippen LogP contribution in [0.15, 0.2) is 17.2 Å². The van der Waals surface area contributed by atoms with Gasteiger partial charge >= 0.3 is 0 Å². The van der Waals surface area contributed by atoms with Crippen molar-refractivity contribution in [1.82, 2.24) is 9.55 Å². The largest absolute Gasteiger partial charge is 0.395 e. The average Bonchev–Trinajstić information content (AvgIpc) is 2.41. The van der Waals surface area contributed by atoms with Crippen molar-refractivity contribution in [3.8, 4) is 0 Å². The molecule has 1 N–H and O–H groups in total. The third-order valence-electron chi connectivity index (χ3n) is 3.63. The van der Waals surface area contributed by atoms with Crippen molar-refractivity contribution >= 4 is 5.82 Å². The number of aryl methyl sites for hydroxylation is 1. The summed E-state index contributed by atoms with van der Waals surface area (Å²) in [7, 11) is 1.73. The van der Waals surface area contributed by atoms with E-state index in [1.807, 2.05) is 4.90 Å². The van der Waals surface area contributed by atoms with E-state index in [0.29, 0.717) is 18.4 Å². The molecule has 0 radical (unpaired) electrons. The van der Waals surface area contributed by atoms with Crippen LogP contribution in [-0.2, 0) is 7.05 Å². The molecule has 0 atom stereocenters. The fourth-order valence-electron chi connectivity index (χ4n) is 2.64. The summed E-state index contributed by atoms with van der Waals surface area (Å²) in [5, 5.41) is 9.21. The Kier molecular flexibility index (Phi) is 4.36. The fourth-order valence-corrected chi connectivity index (χ4v) is 2.64. The normalized spacial score (nSPS) is 16.8. The molecule has 0 aliphatic heterocycles. The topological polar surface area (TPSA) is 58.4 Å². The van der Waals surface area contributed by atoms with E-state index in [0.717, 1.165) is 12.8 Å². The van der Waals surface area contributed by atoms with Crippen molar-refractivity contribution in [2.45, 2.75) is 38.1 Å². The van der Waals surface area contributed by atoms with Gasteiger partial charge in [-0.3, -0.25) is 4.79 Å². The molecule has 0 aromatic carbocycles. The summed E-state index contributed by atoms with van der Waals surface area (Å²) in [4.78, 5) is 18.3. The van der Waals surface area contributed by atoms with Gasteiger partial charge in [-0.05, 0) is 12.8 Å². The maximum Gasteiger partial charge on any atom is 0.293 e. The highest BCUT2D eigenvalue weighted by atomic mass is 16.3. The van der Waals surface area contributed by atoms with Gasteiger partial charge in [0.2, 0.25) is 0 Å². The van der Waals surface area contributed by atoms with E-state index in [1.165, 1.54) is 23.8 Å². The van der Waals surface area contributed by atoms with Gasteiger partial charge in [0.05, 0.1) is 6.61 Å². The van der Waals surface area contributed by atoms with E-state index in [1.54, 1.807) is 19.4 Å². The fraction of sp³-hybridized carbons (Fsp3) is 0.692. The third kappa shape index (κ3) is 2.72. The third-order valence-corrected chi connectivity index (χ3v) is 3.63. The summed E-state index contributed by atoms with van der Waals surface area (Å²) in [6.07, 6.45) is 9.12. The standard InChI is InChI=1S/C13H21N3O2/c1-15-8-7-14-12(13(15)18)16(9-10-17)11-5-3-2-4-6-11/h7-8,11,17H,2-6,9-10H2,1H3. The first-order valence-electron chi connectivity index (χ1n) is 6.63. The minimum Gasteiger partial charge on any atom is -0.395 e. The minimum atomic E-state index is -0.0866. The summed E-state index contributed by atoms with van der Waals surface area (Å²) in [5.74, 6) is 0.473. The van der Waals surface area contributed by atoms with Gasteiger partial charge in [0.1, 0.15) is 0 Å². The molecule has 1 saturated carbocycles. The van der Waals surface area contributed by atoms with Crippen LogP contribution < -0.4 is 10.5 Å². The smallest absolute Gasteiger partial charge is 0.293 e. The molecule has 5 nitrogen and oxygen atoms in total. The molecule has 18 heavy (non-hydrogen) atoms. The molecule has 0 spiro atoms. The minimum absolute atomic E-state index is 0.0518. The molecule has 5 heteroatoms. The monoisotopic (exact) mass is 251 g/mol. The Hall–Kier alpha value is -1.36. The highest BCUT2D eigenvalue weighted by Crippen LogP contribution is 2.24. The molecular weight excluding hydrogens is 230 g/mol. The summed E-state index contributed by atoms with van der Waals surface area (Å²) in [5.41, 5.74) is -0.0866. The number of aromatic nitrogens is 2. The van der Waals surface area contributed by atoms with Crippen molar-refractivity contribution < 1.29 is 5.11 Å². The summed E-state index contributed by atoms with van der Waals surface area (Å²) in [6.45, 7) is 0.535. The highest BCUT2D eigenvalue weighted by molar-refractivity contribution is 5.37. The van der Waals surface area contributed by atoms with Gasteiger partial charge in [-0.1, -0.05) is 19.3 Å². The molecule has 0 bridgehead atoms. The zero-order chi connectivity index (χ0) is 13.0. The van der Waals surface area contributed by atoms with Crippen LogP contribution in [-0.4, -0.2) is 33.9 Å². The first-order chi connectivity index (χ1) is 8.74. The van der Waals surface area contributed by atoms with Gasteiger partial charge in [0.15, 0.2) is 5.82 Å². The summed E-state index contributed by atoms with van der Waals surface area (Å²) >= 11 is 0. The van der Waals surface area contributed by atoms with Gasteiger partial charge in [-0.25, -0.2) is 4.98 Å². The number of nitrogens with zero attached hydrogens (tertiary/aromatic N) is 3. The van der Waals surface area contributed by atoms with Crippen molar-refractivity contribution in [2.75, 3.05) is 18.1 Å². The molecule has 1 aliphatic rings. The molecular formula is C13H21N3O2. The number of rotatable bonds is 4. The zero-order valence-electron chi connectivity index (χ0n) is 10.9. The van der Waals surface area contributed by atoms with E-state index >= 15 is 0 Å². The van der Waals surface area contributed by atoms with E-state index in [9.17, 15) is 9.90 Å². The van der Waals surface area contributed by atoms with Gasteiger partial charge in [0, 0.05) is 32.0 Å². The lowest BCUT2D eigenvalue weighted by Gasteiger charge is -2.34. The van der Waals surface area contributed by atoms with E-state index in [4.69, 9.17) is 0 Å². The summed E-state index contributed by atoms with van der Waals surface area (Å²) < 4.78 is 1.54. The van der Waals surface area contributed by atoms with Crippen LogP contribution in [0.25, 0.3) is 0 Å². The molecule has 1 aliphatic carbocycles. The van der Waals surface area contributed by atoms with Crippen LogP contribution in [0, 0.1) is 0 Å². The quantitative estimate of drug-likeness (QED) is 0.864. The Morgan fingerprint density at radius 1 is 1.44 bits per heavy atom. The second-order valence-corrected chi connectivity index (χ2v) is 4.88. The van der Waals surface area contributed by atoms with Crippen LogP contribution in [0.3, 0.4) is 0 Å². The summed E-state index contributed by atoms with van der Waals surface area (Å²) in [6, 6.07) is 0.341. The van der Waals surface area contributed by atoms with Crippen LogP contribution in [0.5, 0.6) is 0 Å². The Morgan fingerprint density at radius 2 is 2.17 bits per heavy atom. The van der Waals surface area contributed by atoms with E-state index in [2.05, 4.69) is 4.98 Å². The molecule has 0 saturated heterocycles. The van der Waals surface area contributed by atoms with Crippen LogP contribution in [0.4, 0.5) is 5.82 Å². The highest BCUT2D eigenvalue weighted by Gasteiger charge is 2.24. The first-order valence-corrected chi connectivity index (χ1v) is 6.63. The van der Waals surface area contributed by atoms with Crippen LogP contribution in [0.1, 0.15) is 32.1 Å². The Bertz CT molecular complexity index is 438. The Balaban J connectivity index is 2.28. The maximum absolute atomic E-state index is 12.1. The predicted molar refractivity (Wildman–Crippen MR) is 70.8 cm³/mol. The Morgan fingerprint density at radius 3 is 2.83 bits per heavy atom. The lowest BCUT2D eigenvalue weighted by atomic mass is 9.94. The number of hydrogen-bond donors (Lipinski definition) is 1. The number of anilines is 1. The molecule has 100 valence electrons. The lowest BCUT2D eigenvalue weighted by molar-refractivity contribution is 0.289. The van der Waals surface area contributed by atoms with E-state index in [-0.39, 0.29) is 12.2 Å². The SMILES string of the molecule is Cn1ccnc(N(CCO)C2CCCCC2)c1=O. The molecule has 1 fully saturated rings. The molecule has 0 amide bonds. The van der Waals surface area contributed by atoms with Crippen molar-refractivity contribution in [3.63, 3.8) is 0 Å². The molecule has 1 aromatic rings. The van der Waals surface area contributed by atoms with E-state index < -0.39 is 0 Å². The zero-order valence-corrected chi connectivity index (χ0v) is 10.9. The van der Waals surface area contributed by atoms with Crippen LogP contribution >= 0.6 is 0 Å². The molecule has 0 unspecified atom stereocenters. The van der Waals surface area contributed by atoms with Crippen molar-refractivity contribution in [2.24, 2.45) is 7.05 Å². The average molecular weight is 251 g/mol. The first kappa shape index (κ1) is 13.1. The van der Waals surface area contributed by atoms with Crippen molar-refractivity contribution in [3.05, 3.63) is 22.7 Å². The van der Waals surface area contributed by atoms with Gasteiger partial charge in [-0.15, -0.1) is 0 Å². The van der Waals surface area contributed by atoms with Crippen LogP contribution in [0.2, 0.25) is 0 Å². The second-order valence-electron chi connectivity index (χ2n) is 4.88. The van der Waals surface area contributed by atoms with Gasteiger partial charge in [-0.2, -0.15) is 0 Å². The predicted octanol–water partition coefficient (Wildman–Crippen LogP) is 0.912. The van der Waals surface area contributed by atoms with Gasteiger partial charge < -0.3 is 14.6 Å². The maximum atomic E-state index is 12.1. The molecule has 1 aromatic heterocycles. The lowest BCUT2D eigenvalue weighted by Crippen LogP contribution is -2.43. The number of aliphatic hydroxyl groups excluding tert-OH is 1. The number of hydrogen-bond acceptors (Lipinski definition) is 4.